The third kappa shape index (κ3) is 2.38. The number of nitrogens with zero attached hydrogens (tertiary/aromatic N) is 1. The summed E-state index contributed by atoms with van der Waals surface area (Å²) >= 11 is 1.92. The molecule has 74 valence electrons. The highest BCUT2D eigenvalue weighted by atomic mass is 32.2. The standard InChI is InChI=1S/C12H15NS/c1-10(12-13-7-8-14-12)9-11-5-3-2-4-6-11/h2-6,10H,7-9H2,1H3/t10-/m0/s1. The van der Waals surface area contributed by atoms with E-state index in [-0.39, 0.29) is 0 Å². The van der Waals surface area contributed by atoms with E-state index in [2.05, 4.69) is 42.2 Å². The van der Waals surface area contributed by atoms with Crippen molar-refractivity contribution in [3.8, 4) is 0 Å². The quantitative estimate of drug-likeness (QED) is 0.739. The maximum Gasteiger partial charge on any atom is 0.0708 e. The largest absolute Gasteiger partial charge is 0.282 e. The normalized spacial score (nSPS) is 17.9. The van der Waals surface area contributed by atoms with Crippen molar-refractivity contribution in [2.24, 2.45) is 10.9 Å². The van der Waals surface area contributed by atoms with Crippen LogP contribution < -0.4 is 0 Å². The Morgan fingerprint density at radius 2 is 2.14 bits per heavy atom. The maximum absolute atomic E-state index is 4.51. The molecule has 0 saturated heterocycles. The molecule has 0 saturated carbocycles. The van der Waals surface area contributed by atoms with Gasteiger partial charge in [-0.25, -0.2) is 0 Å². The number of thioether (sulfide) groups is 1. The average molecular weight is 205 g/mol. The number of hydrogen-bond donors (Lipinski definition) is 0. The number of benzene rings is 1. The summed E-state index contributed by atoms with van der Waals surface area (Å²) in [5.41, 5.74) is 1.41. The van der Waals surface area contributed by atoms with E-state index in [1.807, 2.05) is 11.8 Å². The summed E-state index contributed by atoms with van der Waals surface area (Å²) in [5, 5.41) is 1.34. The van der Waals surface area contributed by atoms with Gasteiger partial charge in [-0.05, 0) is 12.0 Å². The molecule has 1 aromatic rings. The molecule has 0 aromatic heterocycles. The first-order valence-electron chi connectivity index (χ1n) is 5.07. The molecule has 1 heterocycles. The van der Waals surface area contributed by atoms with Crippen molar-refractivity contribution in [1.82, 2.24) is 0 Å². The first-order valence-corrected chi connectivity index (χ1v) is 6.06. The summed E-state index contributed by atoms with van der Waals surface area (Å²) in [6.07, 6.45) is 1.12. The molecule has 1 aromatic carbocycles. The lowest BCUT2D eigenvalue weighted by molar-refractivity contribution is 0.776. The predicted molar refractivity (Wildman–Crippen MR) is 64.1 cm³/mol. The molecule has 1 atom stereocenters. The molecule has 0 amide bonds. The summed E-state index contributed by atoms with van der Waals surface area (Å²) in [5.74, 6) is 1.76. The van der Waals surface area contributed by atoms with Gasteiger partial charge in [0.15, 0.2) is 0 Å². The molecule has 0 radical (unpaired) electrons. The Balaban J connectivity index is 1.97. The Morgan fingerprint density at radius 1 is 1.36 bits per heavy atom. The van der Waals surface area contributed by atoms with Crippen molar-refractivity contribution in [3.05, 3.63) is 35.9 Å². The van der Waals surface area contributed by atoms with Crippen LogP contribution >= 0.6 is 11.8 Å². The fourth-order valence-corrected chi connectivity index (χ4v) is 2.65. The lowest BCUT2D eigenvalue weighted by atomic mass is 10.0. The third-order valence-corrected chi connectivity index (χ3v) is 3.63. The highest BCUT2D eigenvalue weighted by Gasteiger charge is 2.15. The molecule has 0 fully saturated rings. The zero-order valence-electron chi connectivity index (χ0n) is 8.44. The number of rotatable bonds is 3. The second-order valence-corrected chi connectivity index (χ2v) is 4.77. The SMILES string of the molecule is C[C@@H](Cc1ccccc1)C1=NCCS1. The summed E-state index contributed by atoms with van der Waals surface area (Å²) in [6.45, 7) is 3.28. The van der Waals surface area contributed by atoms with E-state index in [9.17, 15) is 0 Å². The van der Waals surface area contributed by atoms with Crippen LogP contribution in [-0.2, 0) is 6.42 Å². The van der Waals surface area contributed by atoms with Crippen LogP contribution in [0, 0.1) is 5.92 Å². The van der Waals surface area contributed by atoms with Gasteiger partial charge in [-0.2, -0.15) is 0 Å². The van der Waals surface area contributed by atoms with E-state index in [4.69, 9.17) is 0 Å². The minimum Gasteiger partial charge on any atom is -0.282 e. The topological polar surface area (TPSA) is 12.4 Å². The lowest BCUT2D eigenvalue weighted by Crippen LogP contribution is -2.08. The third-order valence-electron chi connectivity index (χ3n) is 2.42. The summed E-state index contributed by atoms with van der Waals surface area (Å²) in [7, 11) is 0. The van der Waals surface area contributed by atoms with E-state index < -0.39 is 0 Å². The molecule has 0 N–H and O–H groups in total. The molecule has 1 nitrogen and oxygen atoms in total. The molecule has 2 heteroatoms. The number of aliphatic imine (C=N–C) groups is 1. The monoisotopic (exact) mass is 205 g/mol. The minimum atomic E-state index is 0.588. The smallest absolute Gasteiger partial charge is 0.0708 e. The van der Waals surface area contributed by atoms with Crippen LogP contribution in [0.15, 0.2) is 35.3 Å². The lowest BCUT2D eigenvalue weighted by Gasteiger charge is -2.10. The van der Waals surface area contributed by atoms with Gasteiger partial charge < -0.3 is 0 Å². The van der Waals surface area contributed by atoms with Crippen LogP contribution in [0.4, 0.5) is 0 Å². The average Bonchev–Trinajstić information content (AvgIpc) is 2.72. The molecule has 14 heavy (non-hydrogen) atoms. The van der Waals surface area contributed by atoms with E-state index in [1.54, 1.807) is 0 Å². The maximum atomic E-state index is 4.51. The van der Waals surface area contributed by atoms with Gasteiger partial charge in [0.2, 0.25) is 0 Å². The van der Waals surface area contributed by atoms with Crippen LogP contribution in [0.2, 0.25) is 0 Å². The molecule has 0 spiro atoms. The molecule has 0 bridgehead atoms. The predicted octanol–water partition coefficient (Wildman–Crippen LogP) is 3.01. The van der Waals surface area contributed by atoms with Crippen LogP contribution in [0.1, 0.15) is 12.5 Å². The highest BCUT2D eigenvalue weighted by Crippen LogP contribution is 2.21. The van der Waals surface area contributed by atoms with Gasteiger partial charge in [0, 0.05) is 18.2 Å². The van der Waals surface area contributed by atoms with Crippen LogP contribution in [-0.4, -0.2) is 17.3 Å². The van der Waals surface area contributed by atoms with Gasteiger partial charge in [-0.3, -0.25) is 4.99 Å². The summed E-state index contributed by atoms with van der Waals surface area (Å²) in [4.78, 5) is 4.51. The zero-order chi connectivity index (χ0) is 9.80. The Kier molecular flexibility index (Phi) is 3.25. The van der Waals surface area contributed by atoms with Crippen molar-refractivity contribution in [3.63, 3.8) is 0 Å². The van der Waals surface area contributed by atoms with E-state index in [1.165, 1.54) is 16.4 Å². The first kappa shape index (κ1) is 9.78. The van der Waals surface area contributed by atoms with E-state index in [0.717, 1.165) is 13.0 Å². The molecular formula is C12H15NS. The van der Waals surface area contributed by atoms with Gasteiger partial charge in [0.25, 0.3) is 0 Å². The van der Waals surface area contributed by atoms with Gasteiger partial charge >= 0.3 is 0 Å². The van der Waals surface area contributed by atoms with Gasteiger partial charge in [-0.1, -0.05) is 37.3 Å². The van der Waals surface area contributed by atoms with Crippen LogP contribution in [0.5, 0.6) is 0 Å². The van der Waals surface area contributed by atoms with Gasteiger partial charge in [0.1, 0.15) is 0 Å². The molecule has 0 unspecified atom stereocenters. The van der Waals surface area contributed by atoms with Gasteiger partial charge in [-0.15, -0.1) is 11.8 Å². The molecule has 2 rings (SSSR count). The Bertz CT molecular complexity index is 318. The van der Waals surface area contributed by atoms with Crippen molar-refractivity contribution in [1.29, 1.82) is 0 Å². The Morgan fingerprint density at radius 3 is 2.79 bits per heavy atom. The van der Waals surface area contributed by atoms with Gasteiger partial charge in [0.05, 0.1) is 5.04 Å². The molecule has 1 aliphatic rings. The van der Waals surface area contributed by atoms with Crippen LogP contribution in [0.25, 0.3) is 0 Å². The second kappa shape index (κ2) is 4.65. The van der Waals surface area contributed by atoms with Crippen LogP contribution in [0.3, 0.4) is 0 Å². The second-order valence-electron chi connectivity index (χ2n) is 3.66. The summed E-state index contributed by atoms with van der Waals surface area (Å²) in [6, 6.07) is 10.7. The molecule has 1 aliphatic heterocycles. The number of hydrogen-bond acceptors (Lipinski definition) is 2. The minimum absolute atomic E-state index is 0.588. The molecule has 0 aliphatic carbocycles. The Hall–Kier alpha value is -0.760. The van der Waals surface area contributed by atoms with Crippen molar-refractivity contribution < 1.29 is 0 Å². The first-order chi connectivity index (χ1) is 6.86. The van der Waals surface area contributed by atoms with E-state index in [0.29, 0.717) is 5.92 Å². The Labute approximate surface area is 89.6 Å². The van der Waals surface area contributed by atoms with Crippen molar-refractivity contribution in [2.75, 3.05) is 12.3 Å². The summed E-state index contributed by atoms with van der Waals surface area (Å²) < 4.78 is 0. The van der Waals surface area contributed by atoms with Crippen molar-refractivity contribution in [2.45, 2.75) is 13.3 Å². The molecular weight excluding hydrogens is 190 g/mol. The fraction of sp³-hybridized carbons (Fsp3) is 0.417. The zero-order valence-corrected chi connectivity index (χ0v) is 9.26. The van der Waals surface area contributed by atoms with E-state index >= 15 is 0 Å². The van der Waals surface area contributed by atoms with Crippen molar-refractivity contribution >= 4 is 16.8 Å². The fourth-order valence-electron chi connectivity index (χ4n) is 1.70. The highest BCUT2D eigenvalue weighted by molar-refractivity contribution is 8.14.